The first-order valence-electron chi connectivity index (χ1n) is 12.2. The zero-order valence-electron chi connectivity index (χ0n) is 18.3. The molecule has 5 aliphatic rings. The summed E-state index contributed by atoms with van der Waals surface area (Å²) in [6.07, 6.45) is 12.8. The van der Waals surface area contributed by atoms with Crippen LogP contribution in [0.25, 0.3) is 0 Å². The molecule has 30 heavy (non-hydrogen) atoms. The highest BCUT2D eigenvalue weighted by Gasteiger charge is 2.51. The summed E-state index contributed by atoms with van der Waals surface area (Å²) >= 11 is 0. The minimum absolute atomic E-state index is 0.00926. The molecular weight excluding hydrogens is 394 g/mol. The lowest BCUT2D eigenvalue weighted by atomic mass is 9.48. The Kier molecular flexibility index (Phi) is 5.64. The van der Waals surface area contributed by atoms with Gasteiger partial charge in [0.2, 0.25) is 10.0 Å². The predicted octanol–water partition coefficient (Wildman–Crippen LogP) is 5.03. The van der Waals surface area contributed by atoms with Crippen LogP contribution in [0.15, 0.2) is 24.3 Å². The summed E-state index contributed by atoms with van der Waals surface area (Å²) < 4.78 is 33.1. The van der Waals surface area contributed by atoms with Crippen molar-refractivity contribution in [2.24, 2.45) is 23.7 Å². The summed E-state index contributed by atoms with van der Waals surface area (Å²) in [4.78, 5) is 0. The topological polar surface area (TPSA) is 55.4 Å². The lowest BCUT2D eigenvalue weighted by Gasteiger charge is -2.57. The molecule has 0 spiro atoms. The molecule has 1 aromatic carbocycles. The molecular formula is C25H37NO3S. The van der Waals surface area contributed by atoms with Crippen LogP contribution in [0.2, 0.25) is 0 Å². The summed E-state index contributed by atoms with van der Waals surface area (Å²) in [6.45, 7) is 2.29. The van der Waals surface area contributed by atoms with E-state index >= 15 is 0 Å². The highest BCUT2D eigenvalue weighted by Crippen LogP contribution is 2.60. The fourth-order valence-corrected chi connectivity index (χ4v) is 8.39. The number of hydrogen-bond donors (Lipinski definition) is 1. The minimum atomic E-state index is -3.17. The molecule has 0 saturated heterocycles. The van der Waals surface area contributed by atoms with Crippen LogP contribution in [0.3, 0.4) is 0 Å². The molecule has 4 nitrogen and oxygen atoms in total. The van der Waals surface area contributed by atoms with Gasteiger partial charge >= 0.3 is 0 Å². The van der Waals surface area contributed by atoms with Gasteiger partial charge in [-0.2, -0.15) is 0 Å². The van der Waals surface area contributed by atoms with Gasteiger partial charge in [0.05, 0.1) is 12.4 Å². The normalized spacial score (nSPS) is 38.0. The predicted molar refractivity (Wildman–Crippen MR) is 120 cm³/mol. The third-order valence-corrected chi connectivity index (χ3v) is 10.0. The molecule has 0 amide bonds. The number of hydrogen-bond acceptors (Lipinski definition) is 3. The smallest absolute Gasteiger partial charge is 0.211 e. The van der Waals surface area contributed by atoms with Crippen molar-refractivity contribution >= 4 is 10.0 Å². The highest BCUT2D eigenvalue weighted by atomic mass is 32.2. The van der Waals surface area contributed by atoms with Crippen molar-refractivity contribution in [1.82, 2.24) is 4.72 Å². The van der Waals surface area contributed by atoms with E-state index < -0.39 is 10.0 Å². The maximum absolute atomic E-state index is 12.0. The minimum Gasteiger partial charge on any atom is -0.493 e. The maximum Gasteiger partial charge on any atom is 0.211 e. The Bertz CT molecular complexity index is 812. The van der Waals surface area contributed by atoms with Gasteiger partial charge in [0.1, 0.15) is 5.75 Å². The molecule has 2 atom stereocenters. The third-order valence-electron chi connectivity index (χ3n) is 8.59. The molecule has 166 valence electrons. The third kappa shape index (κ3) is 4.17. The van der Waals surface area contributed by atoms with Crippen molar-refractivity contribution in [3.05, 3.63) is 29.8 Å². The molecule has 4 bridgehead atoms. The van der Waals surface area contributed by atoms with Gasteiger partial charge in [-0.25, -0.2) is 13.1 Å². The molecule has 6 rings (SSSR count). The van der Waals surface area contributed by atoms with E-state index in [1.807, 2.05) is 0 Å². The number of sulfonamides is 1. The molecule has 0 aliphatic heterocycles. The van der Waals surface area contributed by atoms with Crippen molar-refractivity contribution in [3.8, 4) is 5.75 Å². The van der Waals surface area contributed by atoms with Gasteiger partial charge in [0.15, 0.2) is 0 Å². The Morgan fingerprint density at radius 3 is 2.17 bits per heavy atom. The number of rotatable bonds is 7. The second-order valence-electron chi connectivity index (χ2n) is 10.7. The fraction of sp³-hybridized carbons (Fsp3) is 0.760. The summed E-state index contributed by atoms with van der Waals surface area (Å²) in [6, 6.07) is 8.96. The zero-order chi connectivity index (χ0) is 20.8. The SMILES string of the molecule is CCS(=O)(=O)N[C@@H]1CCCC[C@H]1COc1ccc(C23CC4CC(CC(C4)C2)C3)cc1. The molecule has 1 N–H and O–H groups in total. The van der Waals surface area contributed by atoms with Gasteiger partial charge in [-0.3, -0.25) is 0 Å². The van der Waals surface area contributed by atoms with Gasteiger partial charge in [0, 0.05) is 12.0 Å². The number of benzene rings is 1. The zero-order valence-corrected chi connectivity index (χ0v) is 19.1. The number of ether oxygens (including phenoxy) is 1. The Morgan fingerprint density at radius 2 is 1.57 bits per heavy atom. The Balaban J connectivity index is 1.22. The van der Waals surface area contributed by atoms with Gasteiger partial charge in [0.25, 0.3) is 0 Å². The Morgan fingerprint density at radius 1 is 0.967 bits per heavy atom. The van der Waals surface area contributed by atoms with Crippen LogP contribution in [-0.4, -0.2) is 26.8 Å². The van der Waals surface area contributed by atoms with Crippen molar-refractivity contribution in [3.63, 3.8) is 0 Å². The first-order valence-corrected chi connectivity index (χ1v) is 13.8. The highest BCUT2D eigenvalue weighted by molar-refractivity contribution is 7.89. The lowest BCUT2D eigenvalue weighted by Crippen LogP contribution is -2.48. The van der Waals surface area contributed by atoms with Crippen LogP contribution < -0.4 is 9.46 Å². The van der Waals surface area contributed by atoms with Crippen LogP contribution >= 0.6 is 0 Å². The molecule has 5 saturated carbocycles. The van der Waals surface area contributed by atoms with Crippen LogP contribution in [0.5, 0.6) is 5.75 Å². The fourth-order valence-electron chi connectivity index (χ4n) is 7.45. The monoisotopic (exact) mass is 431 g/mol. The molecule has 5 aliphatic carbocycles. The quantitative estimate of drug-likeness (QED) is 0.659. The standard InChI is InChI=1S/C25H37NO3S/c1-2-30(27,28)26-24-6-4-3-5-21(24)17-29-23-9-7-22(8-10-23)25-14-18-11-19(15-25)13-20(12-18)16-25/h7-10,18-21,24,26H,2-6,11-17H2,1H3/t18?,19?,20?,21-,24+,25?/m0/s1. The summed E-state index contributed by atoms with van der Waals surface area (Å²) in [5.41, 5.74) is 1.96. The Labute approximate surface area is 182 Å². The lowest BCUT2D eigenvalue weighted by molar-refractivity contribution is -0.00521. The largest absolute Gasteiger partial charge is 0.493 e. The average Bonchev–Trinajstić information content (AvgIpc) is 2.72. The van der Waals surface area contributed by atoms with Crippen molar-refractivity contribution in [2.75, 3.05) is 12.4 Å². The van der Waals surface area contributed by atoms with Gasteiger partial charge in [-0.05, 0) is 99.2 Å². The van der Waals surface area contributed by atoms with E-state index in [1.165, 1.54) is 44.1 Å². The van der Waals surface area contributed by atoms with Gasteiger partial charge < -0.3 is 4.74 Å². The second kappa shape index (κ2) is 8.12. The van der Waals surface area contributed by atoms with Gasteiger partial charge in [-0.1, -0.05) is 25.0 Å². The molecule has 0 heterocycles. The van der Waals surface area contributed by atoms with Crippen LogP contribution in [0.1, 0.15) is 76.7 Å². The second-order valence-corrected chi connectivity index (χ2v) is 12.7. The van der Waals surface area contributed by atoms with Crippen molar-refractivity contribution in [1.29, 1.82) is 0 Å². The average molecular weight is 432 g/mol. The van der Waals surface area contributed by atoms with E-state index in [0.717, 1.165) is 49.2 Å². The Hall–Kier alpha value is -1.07. The van der Waals surface area contributed by atoms with E-state index in [4.69, 9.17) is 4.74 Å². The number of nitrogens with one attached hydrogen (secondary N) is 1. The molecule has 0 radical (unpaired) electrons. The van der Waals surface area contributed by atoms with Crippen LogP contribution in [0.4, 0.5) is 0 Å². The van der Waals surface area contributed by atoms with E-state index in [0.29, 0.717) is 12.0 Å². The first kappa shape index (κ1) is 20.8. The molecule has 5 fully saturated rings. The van der Waals surface area contributed by atoms with E-state index in [9.17, 15) is 8.42 Å². The van der Waals surface area contributed by atoms with Crippen LogP contribution in [-0.2, 0) is 15.4 Å². The molecule has 5 heteroatoms. The molecule has 0 unspecified atom stereocenters. The molecule has 0 aromatic heterocycles. The van der Waals surface area contributed by atoms with E-state index in [1.54, 1.807) is 6.92 Å². The van der Waals surface area contributed by atoms with Gasteiger partial charge in [-0.15, -0.1) is 0 Å². The van der Waals surface area contributed by atoms with Crippen molar-refractivity contribution < 1.29 is 13.2 Å². The maximum atomic E-state index is 12.0. The summed E-state index contributed by atoms with van der Waals surface area (Å²) in [5.74, 6) is 4.20. The first-order chi connectivity index (χ1) is 14.4. The molecule has 1 aromatic rings. The van der Waals surface area contributed by atoms with E-state index in [2.05, 4.69) is 29.0 Å². The van der Waals surface area contributed by atoms with Crippen LogP contribution in [0, 0.1) is 23.7 Å². The summed E-state index contributed by atoms with van der Waals surface area (Å²) in [5, 5.41) is 0. The summed E-state index contributed by atoms with van der Waals surface area (Å²) in [7, 11) is -3.17. The van der Waals surface area contributed by atoms with E-state index in [-0.39, 0.29) is 17.7 Å². The van der Waals surface area contributed by atoms with Crippen molar-refractivity contribution in [2.45, 2.75) is 82.6 Å².